The maximum Gasteiger partial charge on any atom is 0.405 e. The molecular weight excluding hydrogens is 454 g/mol. The highest BCUT2D eigenvalue weighted by molar-refractivity contribution is 6.34. The predicted octanol–water partition coefficient (Wildman–Crippen LogP) is 4.27. The maximum atomic E-state index is 14.1. The average molecular weight is 479 g/mol. The number of pyridine rings is 1. The zero-order valence-corrected chi connectivity index (χ0v) is 19.1. The molecular formula is C23H25ClF2N4O3. The van der Waals surface area contributed by atoms with Gasteiger partial charge in [-0.05, 0) is 50.3 Å². The molecule has 2 aliphatic rings. The van der Waals surface area contributed by atoms with Gasteiger partial charge in [0.05, 0.1) is 17.3 Å². The van der Waals surface area contributed by atoms with Crippen LogP contribution in [0, 0.1) is 17.6 Å². The van der Waals surface area contributed by atoms with Gasteiger partial charge in [-0.3, -0.25) is 4.79 Å². The van der Waals surface area contributed by atoms with Gasteiger partial charge >= 0.3 is 6.09 Å². The Morgan fingerprint density at radius 2 is 1.97 bits per heavy atom. The Bertz CT molecular complexity index is 1090. The second kappa shape index (κ2) is 8.78. The van der Waals surface area contributed by atoms with E-state index in [1.807, 2.05) is 6.92 Å². The van der Waals surface area contributed by atoms with Gasteiger partial charge in [-0.15, -0.1) is 0 Å². The molecule has 2 atom stereocenters. The van der Waals surface area contributed by atoms with E-state index in [9.17, 15) is 18.4 Å². The lowest BCUT2D eigenvalue weighted by Crippen LogP contribution is -2.39. The van der Waals surface area contributed by atoms with Crippen LogP contribution in [-0.4, -0.2) is 41.7 Å². The zero-order valence-electron chi connectivity index (χ0n) is 18.3. The first-order valence-electron chi connectivity index (χ1n) is 10.8. The molecule has 0 spiro atoms. The number of nitrogens with zero attached hydrogens (tertiary/aromatic N) is 2. The van der Waals surface area contributed by atoms with Crippen LogP contribution in [-0.2, 0) is 4.74 Å². The zero-order chi connectivity index (χ0) is 23.9. The third-order valence-corrected chi connectivity index (χ3v) is 6.45. The molecule has 2 aromatic rings. The van der Waals surface area contributed by atoms with Crippen LogP contribution in [0.3, 0.4) is 0 Å². The molecule has 1 unspecified atom stereocenters. The van der Waals surface area contributed by atoms with Crippen LogP contribution < -0.4 is 16.0 Å². The minimum Gasteiger partial charge on any atom is -0.441 e. The molecule has 2 fully saturated rings. The van der Waals surface area contributed by atoms with Gasteiger partial charge in [-0.2, -0.15) is 0 Å². The third-order valence-electron chi connectivity index (χ3n) is 6.16. The normalized spacial score (nSPS) is 21.1. The number of carbonyl (C=O) groups is 2. The smallest absolute Gasteiger partial charge is 0.405 e. The first-order valence-corrected chi connectivity index (χ1v) is 11.1. The monoisotopic (exact) mass is 478 g/mol. The quantitative estimate of drug-likeness (QED) is 0.646. The minimum atomic E-state index is -0.910. The van der Waals surface area contributed by atoms with E-state index < -0.39 is 29.2 Å². The van der Waals surface area contributed by atoms with Crippen molar-refractivity contribution in [1.82, 2.24) is 10.3 Å². The molecule has 2 heterocycles. The van der Waals surface area contributed by atoms with E-state index in [1.165, 1.54) is 6.20 Å². The van der Waals surface area contributed by atoms with Crippen LogP contribution in [0.25, 0.3) is 11.1 Å². The van der Waals surface area contributed by atoms with Gasteiger partial charge < -0.3 is 20.7 Å². The third kappa shape index (κ3) is 5.03. The number of nitrogens with one attached hydrogen (secondary N) is 1. The lowest BCUT2D eigenvalue weighted by molar-refractivity contribution is 0.0480. The van der Waals surface area contributed by atoms with E-state index >= 15 is 0 Å². The predicted molar refractivity (Wildman–Crippen MR) is 120 cm³/mol. The number of halogens is 3. The van der Waals surface area contributed by atoms with Crippen molar-refractivity contribution < 1.29 is 23.1 Å². The lowest BCUT2D eigenvalue weighted by Gasteiger charge is -2.28. The first-order chi connectivity index (χ1) is 15.6. The van der Waals surface area contributed by atoms with Crippen molar-refractivity contribution in [3.63, 3.8) is 0 Å². The summed E-state index contributed by atoms with van der Waals surface area (Å²) in [6, 6.07) is 3.02. The summed E-state index contributed by atoms with van der Waals surface area (Å²) in [5.74, 6) is -1.55. The molecule has 4 rings (SSSR count). The van der Waals surface area contributed by atoms with E-state index in [4.69, 9.17) is 22.1 Å². The first kappa shape index (κ1) is 23.2. The van der Waals surface area contributed by atoms with Crippen molar-refractivity contribution in [2.75, 3.05) is 18.0 Å². The molecule has 1 aliphatic carbocycles. The molecule has 3 N–H and O–H groups in total. The van der Waals surface area contributed by atoms with Crippen LogP contribution >= 0.6 is 11.6 Å². The molecule has 1 saturated heterocycles. The van der Waals surface area contributed by atoms with Crippen LogP contribution in [0.2, 0.25) is 5.02 Å². The summed E-state index contributed by atoms with van der Waals surface area (Å²) < 4.78 is 33.5. The number of benzene rings is 1. The summed E-state index contributed by atoms with van der Waals surface area (Å²) >= 11 is 6.47. The van der Waals surface area contributed by atoms with Gasteiger partial charge in [0.25, 0.3) is 5.91 Å². The topological polar surface area (TPSA) is 97.6 Å². The van der Waals surface area contributed by atoms with Crippen molar-refractivity contribution in [2.24, 2.45) is 11.7 Å². The molecule has 33 heavy (non-hydrogen) atoms. The Morgan fingerprint density at radius 1 is 1.30 bits per heavy atom. The van der Waals surface area contributed by atoms with E-state index in [0.717, 1.165) is 31.0 Å². The molecule has 2 amide bonds. The van der Waals surface area contributed by atoms with E-state index in [1.54, 1.807) is 11.8 Å². The fourth-order valence-electron chi connectivity index (χ4n) is 4.36. The van der Waals surface area contributed by atoms with Crippen LogP contribution in [0.5, 0.6) is 0 Å². The van der Waals surface area contributed by atoms with Gasteiger partial charge in [-0.25, -0.2) is 18.6 Å². The number of aromatic nitrogens is 1. The number of amides is 2. The number of carbonyl (C=O) groups excluding carboxylic acids is 2. The van der Waals surface area contributed by atoms with Crippen molar-refractivity contribution in [1.29, 1.82) is 0 Å². The number of rotatable bonds is 6. The highest BCUT2D eigenvalue weighted by atomic mass is 35.5. The summed E-state index contributed by atoms with van der Waals surface area (Å²) in [5.41, 5.74) is 5.17. The number of primary amides is 1. The molecule has 10 heteroatoms. The van der Waals surface area contributed by atoms with E-state index in [0.29, 0.717) is 24.6 Å². The van der Waals surface area contributed by atoms with Crippen LogP contribution in [0.1, 0.15) is 43.6 Å². The second-order valence-corrected chi connectivity index (χ2v) is 9.39. The Labute approximate surface area is 195 Å². The SMILES string of the molecule is C[C@H](NC(=O)c1ncc(Cl)c(-c2cc(F)cc(F)c2)c1N1CCC(C)(OC(N)=O)C1)C1CC1. The summed E-state index contributed by atoms with van der Waals surface area (Å²) in [6.45, 7) is 4.24. The second-order valence-electron chi connectivity index (χ2n) is 8.98. The van der Waals surface area contributed by atoms with Gasteiger partial charge in [0.1, 0.15) is 17.2 Å². The summed E-state index contributed by atoms with van der Waals surface area (Å²) in [6.07, 6.45) is 2.91. The van der Waals surface area contributed by atoms with Gasteiger partial charge in [0, 0.05) is 36.8 Å². The molecule has 7 nitrogen and oxygen atoms in total. The number of nitrogens with two attached hydrogens (primary N) is 1. The molecule has 1 aliphatic heterocycles. The number of hydrogen-bond acceptors (Lipinski definition) is 5. The number of hydrogen-bond donors (Lipinski definition) is 2. The highest BCUT2D eigenvalue weighted by Gasteiger charge is 2.40. The highest BCUT2D eigenvalue weighted by Crippen LogP contribution is 2.42. The van der Waals surface area contributed by atoms with E-state index in [-0.39, 0.29) is 34.4 Å². The van der Waals surface area contributed by atoms with Crippen molar-refractivity contribution in [3.05, 3.63) is 46.7 Å². The van der Waals surface area contributed by atoms with Crippen molar-refractivity contribution in [2.45, 2.75) is 44.8 Å². The molecule has 0 radical (unpaired) electrons. The molecule has 1 aromatic heterocycles. The Balaban J connectivity index is 1.82. The summed E-state index contributed by atoms with van der Waals surface area (Å²) in [4.78, 5) is 30.7. The molecule has 0 bridgehead atoms. The average Bonchev–Trinajstić information content (AvgIpc) is 3.49. The van der Waals surface area contributed by atoms with Crippen LogP contribution in [0.15, 0.2) is 24.4 Å². The molecule has 176 valence electrons. The van der Waals surface area contributed by atoms with Gasteiger partial charge in [0.2, 0.25) is 0 Å². The van der Waals surface area contributed by atoms with Crippen molar-refractivity contribution >= 4 is 29.3 Å². The number of ether oxygens (including phenoxy) is 1. The Morgan fingerprint density at radius 3 is 2.58 bits per heavy atom. The van der Waals surface area contributed by atoms with Crippen molar-refractivity contribution in [3.8, 4) is 11.1 Å². The van der Waals surface area contributed by atoms with Gasteiger partial charge in [0.15, 0.2) is 5.69 Å². The van der Waals surface area contributed by atoms with E-state index in [2.05, 4.69) is 10.3 Å². The Kier molecular flexibility index (Phi) is 6.18. The maximum absolute atomic E-state index is 14.1. The molecule has 1 aromatic carbocycles. The fraction of sp³-hybridized carbons (Fsp3) is 0.435. The number of anilines is 1. The molecule has 1 saturated carbocycles. The lowest BCUT2D eigenvalue weighted by atomic mass is 10.0. The largest absolute Gasteiger partial charge is 0.441 e. The Hall–Kier alpha value is -2.94. The standard InChI is InChI=1S/C23H25ClF2N4O3/c1-12(13-3-4-13)29-21(31)19-20(30-6-5-23(2,11-30)33-22(27)32)18(17(24)10-28-19)14-7-15(25)9-16(26)8-14/h7-10,12-13H,3-6,11H2,1-2H3,(H2,27,32)(H,29,31)/t12-,23?/m0/s1. The minimum absolute atomic E-state index is 0.0417. The summed E-state index contributed by atoms with van der Waals surface area (Å²) in [7, 11) is 0. The van der Waals surface area contributed by atoms with Crippen LogP contribution in [0.4, 0.5) is 19.3 Å². The fourth-order valence-corrected chi connectivity index (χ4v) is 4.61. The van der Waals surface area contributed by atoms with Gasteiger partial charge in [-0.1, -0.05) is 11.6 Å². The summed E-state index contributed by atoms with van der Waals surface area (Å²) in [5, 5.41) is 3.10.